The first-order chi connectivity index (χ1) is 9.43. The van der Waals surface area contributed by atoms with Crippen molar-refractivity contribution in [2.75, 3.05) is 6.61 Å². The molecule has 0 saturated heterocycles. The van der Waals surface area contributed by atoms with Crippen molar-refractivity contribution in [1.29, 1.82) is 0 Å². The molecule has 2 nitrogen and oxygen atoms in total. The van der Waals surface area contributed by atoms with Gasteiger partial charge in [-0.15, -0.1) is 0 Å². The summed E-state index contributed by atoms with van der Waals surface area (Å²) in [5.41, 5.74) is 4.21. The van der Waals surface area contributed by atoms with Crippen LogP contribution in [0.2, 0.25) is 0 Å². The van der Waals surface area contributed by atoms with Crippen LogP contribution in [0.1, 0.15) is 35.1 Å². The number of rotatable bonds is 1. The maximum absolute atomic E-state index is 5.83. The van der Waals surface area contributed by atoms with Crippen LogP contribution in [0.4, 0.5) is 0 Å². The minimum absolute atomic E-state index is 0.416. The van der Waals surface area contributed by atoms with Crippen molar-refractivity contribution in [2.24, 2.45) is 0 Å². The van der Waals surface area contributed by atoms with Crippen molar-refractivity contribution < 1.29 is 4.74 Å². The molecule has 4 rings (SSSR count). The van der Waals surface area contributed by atoms with Crippen molar-refractivity contribution in [2.45, 2.75) is 24.9 Å². The molecule has 2 heterocycles. The second-order valence-electron chi connectivity index (χ2n) is 5.34. The van der Waals surface area contributed by atoms with E-state index in [2.05, 4.69) is 53.8 Å². The Hall–Kier alpha value is -1.80. The van der Waals surface area contributed by atoms with Gasteiger partial charge in [-0.3, -0.25) is 0 Å². The molecule has 0 bridgehead atoms. The maximum Gasteiger partial charge on any atom is 0.123 e. The Kier molecular flexibility index (Phi) is 2.56. The second kappa shape index (κ2) is 4.39. The molecule has 0 radical (unpaired) electrons. The van der Waals surface area contributed by atoms with Gasteiger partial charge in [0.05, 0.1) is 6.61 Å². The van der Waals surface area contributed by atoms with E-state index < -0.39 is 0 Å². The first kappa shape index (κ1) is 11.1. The molecular weight excluding hydrogens is 234 g/mol. The first-order valence-electron chi connectivity index (χ1n) is 6.96. The van der Waals surface area contributed by atoms with E-state index in [0.717, 1.165) is 25.3 Å². The monoisotopic (exact) mass is 251 g/mol. The molecular formula is C17H17NO. The minimum atomic E-state index is 0.416. The van der Waals surface area contributed by atoms with Crippen LogP contribution >= 0.6 is 0 Å². The fourth-order valence-corrected chi connectivity index (χ4v) is 3.44. The molecule has 0 aliphatic carbocycles. The Morgan fingerprint density at radius 2 is 1.89 bits per heavy atom. The molecule has 2 aliphatic rings. The van der Waals surface area contributed by atoms with Gasteiger partial charge in [-0.05, 0) is 23.6 Å². The van der Waals surface area contributed by atoms with Crippen LogP contribution < -0.4 is 10.1 Å². The predicted octanol–water partition coefficient (Wildman–Crippen LogP) is 3.40. The number of hydrogen-bond acceptors (Lipinski definition) is 2. The molecule has 0 spiro atoms. The summed E-state index contributed by atoms with van der Waals surface area (Å²) in [6.45, 7) is 1.76. The lowest BCUT2D eigenvalue weighted by Gasteiger charge is -2.38. The Morgan fingerprint density at radius 1 is 1.00 bits per heavy atom. The molecule has 96 valence electrons. The first-order valence-corrected chi connectivity index (χ1v) is 6.96. The fourth-order valence-electron chi connectivity index (χ4n) is 3.44. The highest BCUT2D eigenvalue weighted by atomic mass is 16.5. The zero-order valence-electron chi connectivity index (χ0n) is 10.8. The Morgan fingerprint density at radius 3 is 2.79 bits per heavy atom. The molecule has 0 aromatic heterocycles. The van der Waals surface area contributed by atoms with E-state index in [0.29, 0.717) is 12.0 Å². The summed E-state index contributed by atoms with van der Waals surface area (Å²) in [6, 6.07) is 17.6. The lowest BCUT2D eigenvalue weighted by atomic mass is 9.78. The highest BCUT2D eigenvalue weighted by Crippen LogP contribution is 2.45. The van der Waals surface area contributed by atoms with Crippen LogP contribution in [0.25, 0.3) is 0 Å². The third kappa shape index (κ3) is 1.75. The maximum atomic E-state index is 5.83. The lowest BCUT2D eigenvalue weighted by molar-refractivity contribution is 0.235. The SMILES string of the molecule is c1ccc(C2NCc3cccc4c3C2CCO4)cc1. The molecule has 1 N–H and O–H groups in total. The standard InChI is InChI=1S/C17H17NO/c1-2-5-12(6-3-1)17-14-9-10-19-15-8-4-7-13(11-18-17)16(14)15/h1-8,14,17-18H,9-11H2. The van der Waals surface area contributed by atoms with Crippen molar-refractivity contribution in [1.82, 2.24) is 5.32 Å². The molecule has 2 heteroatoms. The van der Waals surface area contributed by atoms with Crippen molar-refractivity contribution in [3.05, 3.63) is 65.2 Å². The van der Waals surface area contributed by atoms with E-state index in [-0.39, 0.29) is 0 Å². The minimum Gasteiger partial charge on any atom is -0.493 e. The summed E-state index contributed by atoms with van der Waals surface area (Å²) in [5.74, 6) is 1.63. The average molecular weight is 251 g/mol. The van der Waals surface area contributed by atoms with E-state index in [9.17, 15) is 0 Å². The van der Waals surface area contributed by atoms with Gasteiger partial charge in [-0.1, -0.05) is 42.5 Å². The zero-order valence-corrected chi connectivity index (χ0v) is 10.8. The number of hydrogen-bond donors (Lipinski definition) is 1. The smallest absolute Gasteiger partial charge is 0.123 e. The van der Waals surface area contributed by atoms with Crippen molar-refractivity contribution >= 4 is 0 Å². The van der Waals surface area contributed by atoms with Gasteiger partial charge in [0.2, 0.25) is 0 Å². The Balaban J connectivity index is 1.81. The van der Waals surface area contributed by atoms with Crippen LogP contribution in [0.15, 0.2) is 48.5 Å². The number of nitrogens with one attached hydrogen (secondary N) is 1. The highest BCUT2D eigenvalue weighted by molar-refractivity contribution is 5.47. The third-order valence-corrected chi connectivity index (χ3v) is 4.29. The molecule has 0 fully saturated rings. The van der Waals surface area contributed by atoms with Gasteiger partial charge in [-0.25, -0.2) is 0 Å². The second-order valence-corrected chi connectivity index (χ2v) is 5.34. The number of ether oxygens (including phenoxy) is 1. The van der Waals surface area contributed by atoms with Gasteiger partial charge in [-0.2, -0.15) is 0 Å². The Bertz CT molecular complexity index is 579. The molecule has 2 aromatic rings. The Labute approximate surface area is 113 Å². The normalized spacial score (nSPS) is 24.4. The molecule has 2 unspecified atom stereocenters. The summed E-state index contributed by atoms with van der Waals surface area (Å²) in [6.07, 6.45) is 1.09. The predicted molar refractivity (Wildman–Crippen MR) is 75.3 cm³/mol. The summed E-state index contributed by atoms with van der Waals surface area (Å²) in [7, 11) is 0. The van der Waals surface area contributed by atoms with E-state index in [1.807, 2.05) is 0 Å². The lowest BCUT2D eigenvalue weighted by Crippen LogP contribution is -2.35. The highest BCUT2D eigenvalue weighted by Gasteiger charge is 2.34. The van der Waals surface area contributed by atoms with Gasteiger partial charge >= 0.3 is 0 Å². The van der Waals surface area contributed by atoms with E-state index in [1.165, 1.54) is 16.7 Å². The summed E-state index contributed by atoms with van der Waals surface area (Å²) in [5, 5.41) is 3.70. The van der Waals surface area contributed by atoms with Gasteiger partial charge < -0.3 is 10.1 Å². The van der Waals surface area contributed by atoms with Gasteiger partial charge in [0.25, 0.3) is 0 Å². The fraction of sp³-hybridized carbons (Fsp3) is 0.294. The summed E-state index contributed by atoms with van der Waals surface area (Å²) >= 11 is 0. The van der Waals surface area contributed by atoms with Crippen LogP contribution in [0, 0.1) is 0 Å². The van der Waals surface area contributed by atoms with Gasteiger partial charge in [0.1, 0.15) is 5.75 Å². The molecule has 2 aromatic carbocycles. The van der Waals surface area contributed by atoms with Crippen LogP contribution in [-0.2, 0) is 6.54 Å². The summed E-state index contributed by atoms with van der Waals surface area (Å²) < 4.78 is 5.83. The molecule has 2 aliphatic heterocycles. The van der Waals surface area contributed by atoms with Crippen LogP contribution in [0.3, 0.4) is 0 Å². The van der Waals surface area contributed by atoms with Gasteiger partial charge in [0.15, 0.2) is 0 Å². The van der Waals surface area contributed by atoms with Crippen LogP contribution in [-0.4, -0.2) is 6.61 Å². The van der Waals surface area contributed by atoms with Crippen LogP contribution in [0.5, 0.6) is 5.75 Å². The third-order valence-electron chi connectivity index (χ3n) is 4.29. The zero-order chi connectivity index (χ0) is 12.7. The molecule has 19 heavy (non-hydrogen) atoms. The van der Waals surface area contributed by atoms with Crippen molar-refractivity contribution in [3.8, 4) is 5.75 Å². The molecule has 2 atom stereocenters. The van der Waals surface area contributed by atoms with E-state index >= 15 is 0 Å². The van der Waals surface area contributed by atoms with E-state index in [1.54, 1.807) is 0 Å². The van der Waals surface area contributed by atoms with Crippen molar-refractivity contribution in [3.63, 3.8) is 0 Å². The van der Waals surface area contributed by atoms with E-state index in [4.69, 9.17) is 4.74 Å². The number of benzene rings is 2. The quantitative estimate of drug-likeness (QED) is 0.838. The van der Waals surface area contributed by atoms with Gasteiger partial charge in [0, 0.05) is 24.1 Å². The largest absolute Gasteiger partial charge is 0.493 e. The average Bonchev–Trinajstić information content (AvgIpc) is 2.49. The molecule has 0 amide bonds. The topological polar surface area (TPSA) is 21.3 Å². The summed E-state index contributed by atoms with van der Waals surface area (Å²) in [4.78, 5) is 0. The molecule has 0 saturated carbocycles.